The Hall–Kier alpha value is -2.97. The minimum atomic E-state index is -0.331. The summed E-state index contributed by atoms with van der Waals surface area (Å²) in [6.45, 7) is 0.304. The quantitative estimate of drug-likeness (QED) is 0.484. The summed E-state index contributed by atoms with van der Waals surface area (Å²) in [4.78, 5) is 12.5. The molecule has 1 fully saturated rings. The highest BCUT2D eigenvalue weighted by Crippen LogP contribution is 2.30. The number of benzene rings is 2. The van der Waals surface area contributed by atoms with Crippen molar-refractivity contribution in [2.24, 2.45) is 0 Å². The number of nitriles is 1. The first-order valence-corrected chi connectivity index (χ1v) is 10.5. The Morgan fingerprint density at radius 1 is 1.20 bits per heavy atom. The zero-order valence-electron chi connectivity index (χ0n) is 17.0. The van der Waals surface area contributed by atoms with Crippen molar-refractivity contribution in [3.8, 4) is 17.6 Å². The van der Waals surface area contributed by atoms with E-state index in [4.69, 9.17) is 21.1 Å². The van der Waals surface area contributed by atoms with Gasteiger partial charge in [0.15, 0.2) is 11.5 Å². The molecule has 0 bridgehead atoms. The maximum absolute atomic E-state index is 12.5. The molecule has 0 aromatic heterocycles. The molecular formula is C24H25ClN2O3. The minimum absolute atomic E-state index is 0.0763. The molecule has 30 heavy (non-hydrogen) atoms. The highest BCUT2D eigenvalue weighted by atomic mass is 35.5. The fourth-order valence-electron chi connectivity index (χ4n) is 3.49. The fourth-order valence-corrected chi connectivity index (χ4v) is 3.68. The summed E-state index contributed by atoms with van der Waals surface area (Å²) in [6.07, 6.45) is 6.94. The van der Waals surface area contributed by atoms with Crippen LogP contribution in [0.2, 0.25) is 5.02 Å². The molecule has 1 aliphatic carbocycles. The first-order chi connectivity index (χ1) is 14.6. The third-order valence-corrected chi connectivity index (χ3v) is 5.51. The van der Waals surface area contributed by atoms with E-state index in [1.807, 2.05) is 30.3 Å². The molecule has 1 N–H and O–H groups in total. The van der Waals surface area contributed by atoms with E-state index < -0.39 is 0 Å². The maximum atomic E-state index is 12.5. The van der Waals surface area contributed by atoms with Crippen molar-refractivity contribution in [2.45, 2.75) is 44.8 Å². The van der Waals surface area contributed by atoms with Gasteiger partial charge >= 0.3 is 0 Å². The monoisotopic (exact) mass is 424 g/mol. The molecule has 1 saturated carbocycles. The van der Waals surface area contributed by atoms with E-state index in [2.05, 4.69) is 5.32 Å². The highest BCUT2D eigenvalue weighted by Gasteiger charge is 2.18. The summed E-state index contributed by atoms with van der Waals surface area (Å²) in [5.41, 5.74) is 1.64. The number of nitrogens with zero attached hydrogens (tertiary/aromatic N) is 1. The Kier molecular flexibility index (Phi) is 7.75. The molecule has 0 saturated heterocycles. The van der Waals surface area contributed by atoms with Gasteiger partial charge in [0, 0.05) is 16.6 Å². The Labute approximate surface area is 182 Å². The van der Waals surface area contributed by atoms with Gasteiger partial charge in [-0.25, -0.2) is 0 Å². The topological polar surface area (TPSA) is 71.3 Å². The number of rotatable bonds is 7. The molecule has 0 heterocycles. The molecular weight excluding hydrogens is 400 g/mol. The van der Waals surface area contributed by atoms with Crippen molar-refractivity contribution in [1.29, 1.82) is 5.26 Å². The van der Waals surface area contributed by atoms with Gasteiger partial charge in [0.2, 0.25) is 0 Å². The number of nitrogens with one attached hydrogen (secondary N) is 1. The standard InChI is InChI=1S/C24H25ClN2O3/c1-29-23-14-17(11-12-22(23)30-16-18-7-5-6-10-21(18)25)13-19(15-26)24(28)27-20-8-3-2-4-9-20/h5-7,10-14,20H,2-4,8-9,16H2,1H3,(H,27,28)/b19-13+. The van der Waals surface area contributed by atoms with E-state index in [0.717, 1.165) is 31.2 Å². The van der Waals surface area contributed by atoms with Gasteiger partial charge in [-0.3, -0.25) is 4.79 Å². The zero-order chi connectivity index (χ0) is 21.3. The third kappa shape index (κ3) is 5.77. The van der Waals surface area contributed by atoms with Crippen molar-refractivity contribution in [1.82, 2.24) is 5.32 Å². The van der Waals surface area contributed by atoms with E-state index >= 15 is 0 Å². The Bertz CT molecular complexity index is 959. The Balaban J connectivity index is 1.71. The third-order valence-electron chi connectivity index (χ3n) is 5.15. The molecule has 0 aliphatic heterocycles. The zero-order valence-corrected chi connectivity index (χ0v) is 17.7. The second kappa shape index (κ2) is 10.7. The molecule has 0 atom stereocenters. The first kappa shape index (κ1) is 21.7. The molecule has 5 nitrogen and oxygen atoms in total. The fraction of sp³-hybridized carbons (Fsp3) is 0.333. The maximum Gasteiger partial charge on any atom is 0.262 e. The molecule has 1 aliphatic rings. The van der Waals surface area contributed by atoms with Crippen LogP contribution < -0.4 is 14.8 Å². The summed E-state index contributed by atoms with van der Waals surface area (Å²) in [7, 11) is 1.55. The lowest BCUT2D eigenvalue weighted by Crippen LogP contribution is -2.36. The van der Waals surface area contributed by atoms with Crippen LogP contribution in [0.5, 0.6) is 11.5 Å². The van der Waals surface area contributed by atoms with Gasteiger partial charge in [-0.05, 0) is 42.7 Å². The predicted octanol–water partition coefficient (Wildman–Crippen LogP) is 5.28. The number of hydrogen-bond donors (Lipinski definition) is 1. The number of carbonyl (C=O) groups excluding carboxylic acids is 1. The SMILES string of the molecule is COc1cc(/C=C(\C#N)C(=O)NC2CCCCC2)ccc1OCc1ccccc1Cl. The molecule has 2 aromatic rings. The summed E-state index contributed by atoms with van der Waals surface area (Å²) in [5.74, 6) is 0.739. The lowest BCUT2D eigenvalue weighted by molar-refractivity contribution is -0.117. The predicted molar refractivity (Wildman–Crippen MR) is 117 cm³/mol. The molecule has 1 amide bonds. The van der Waals surface area contributed by atoms with Gasteiger partial charge in [0.05, 0.1) is 7.11 Å². The summed E-state index contributed by atoms with van der Waals surface area (Å²) < 4.78 is 11.3. The summed E-state index contributed by atoms with van der Waals surface area (Å²) >= 11 is 6.17. The van der Waals surface area contributed by atoms with E-state index in [1.54, 1.807) is 31.4 Å². The molecule has 6 heteroatoms. The van der Waals surface area contributed by atoms with Crippen LogP contribution in [0.25, 0.3) is 6.08 Å². The van der Waals surface area contributed by atoms with Gasteiger partial charge in [0.25, 0.3) is 5.91 Å². The second-order valence-corrected chi connectivity index (χ2v) is 7.68. The molecule has 0 unspecified atom stereocenters. The van der Waals surface area contributed by atoms with Crippen molar-refractivity contribution in [3.63, 3.8) is 0 Å². The van der Waals surface area contributed by atoms with Gasteiger partial charge in [-0.2, -0.15) is 5.26 Å². The number of halogens is 1. The summed E-state index contributed by atoms with van der Waals surface area (Å²) in [6, 6.07) is 14.9. The van der Waals surface area contributed by atoms with E-state index in [9.17, 15) is 10.1 Å². The van der Waals surface area contributed by atoms with Crippen molar-refractivity contribution >= 4 is 23.6 Å². The van der Waals surface area contributed by atoms with Crippen molar-refractivity contribution in [2.75, 3.05) is 7.11 Å². The van der Waals surface area contributed by atoms with Crippen LogP contribution in [0.3, 0.4) is 0 Å². The van der Waals surface area contributed by atoms with Crippen LogP contribution in [0.4, 0.5) is 0 Å². The van der Waals surface area contributed by atoms with Crippen LogP contribution in [-0.4, -0.2) is 19.1 Å². The van der Waals surface area contributed by atoms with Crippen LogP contribution in [0, 0.1) is 11.3 Å². The van der Waals surface area contributed by atoms with Crippen LogP contribution >= 0.6 is 11.6 Å². The average molecular weight is 425 g/mol. The normalized spacial score (nSPS) is 14.6. The summed E-state index contributed by atoms with van der Waals surface area (Å²) in [5, 5.41) is 13.1. The Morgan fingerprint density at radius 2 is 1.97 bits per heavy atom. The van der Waals surface area contributed by atoms with Gasteiger partial charge in [-0.15, -0.1) is 0 Å². The van der Waals surface area contributed by atoms with Crippen LogP contribution in [-0.2, 0) is 11.4 Å². The molecule has 0 radical (unpaired) electrons. The molecule has 156 valence electrons. The number of ether oxygens (including phenoxy) is 2. The first-order valence-electron chi connectivity index (χ1n) is 10.1. The molecule has 2 aromatic carbocycles. The van der Waals surface area contributed by atoms with E-state index in [-0.39, 0.29) is 17.5 Å². The number of amides is 1. The lowest BCUT2D eigenvalue weighted by Gasteiger charge is -2.22. The Morgan fingerprint density at radius 3 is 2.67 bits per heavy atom. The van der Waals surface area contributed by atoms with E-state index in [0.29, 0.717) is 28.7 Å². The van der Waals surface area contributed by atoms with Crippen LogP contribution in [0.15, 0.2) is 48.0 Å². The van der Waals surface area contributed by atoms with Gasteiger partial charge < -0.3 is 14.8 Å². The molecule has 3 rings (SSSR count). The number of hydrogen-bond acceptors (Lipinski definition) is 4. The van der Waals surface area contributed by atoms with Gasteiger partial charge in [0.1, 0.15) is 18.2 Å². The van der Waals surface area contributed by atoms with Crippen molar-refractivity contribution < 1.29 is 14.3 Å². The lowest BCUT2D eigenvalue weighted by atomic mass is 9.95. The van der Waals surface area contributed by atoms with Crippen LogP contribution in [0.1, 0.15) is 43.2 Å². The van der Waals surface area contributed by atoms with Crippen molar-refractivity contribution in [3.05, 3.63) is 64.2 Å². The average Bonchev–Trinajstić information content (AvgIpc) is 2.77. The molecule has 0 spiro atoms. The second-order valence-electron chi connectivity index (χ2n) is 7.27. The van der Waals surface area contributed by atoms with Gasteiger partial charge in [-0.1, -0.05) is 55.1 Å². The number of carbonyl (C=O) groups is 1. The number of methoxy groups -OCH3 is 1. The highest BCUT2D eigenvalue weighted by molar-refractivity contribution is 6.31. The minimum Gasteiger partial charge on any atom is -0.493 e. The smallest absolute Gasteiger partial charge is 0.262 e. The van der Waals surface area contributed by atoms with E-state index in [1.165, 1.54) is 6.42 Å². The largest absolute Gasteiger partial charge is 0.493 e.